The molecule has 1 N–H and O–H groups in total. The molecule has 6 heteroatoms. The summed E-state index contributed by atoms with van der Waals surface area (Å²) in [5, 5.41) is 2.71. The van der Waals surface area contributed by atoms with Crippen molar-refractivity contribution in [2.24, 2.45) is 4.99 Å². The van der Waals surface area contributed by atoms with E-state index in [1.54, 1.807) is 6.92 Å². The van der Waals surface area contributed by atoms with Crippen LogP contribution in [0.4, 0.5) is 4.79 Å². The summed E-state index contributed by atoms with van der Waals surface area (Å²) >= 11 is 0. The van der Waals surface area contributed by atoms with E-state index < -0.39 is 6.09 Å². The van der Waals surface area contributed by atoms with Gasteiger partial charge in [0.05, 0.1) is 18.8 Å². The quantitative estimate of drug-likeness (QED) is 0.382. The average molecular weight is 300 g/mol. The molecule has 1 amide bonds. The van der Waals surface area contributed by atoms with Crippen LogP contribution in [0.15, 0.2) is 4.99 Å². The fourth-order valence-electron chi connectivity index (χ4n) is 1.53. The topological polar surface area (TPSA) is 77.0 Å². The lowest BCUT2D eigenvalue weighted by Crippen LogP contribution is -2.32. The number of ether oxygens (including phenoxy) is 2. The van der Waals surface area contributed by atoms with Gasteiger partial charge in [0.1, 0.15) is 6.10 Å². The number of isocyanates is 1. The van der Waals surface area contributed by atoms with Crippen molar-refractivity contribution in [3.8, 4) is 0 Å². The summed E-state index contributed by atoms with van der Waals surface area (Å²) in [5.41, 5.74) is -0.234. The maximum atomic E-state index is 11.5. The molecule has 0 fully saturated rings. The van der Waals surface area contributed by atoms with Crippen LogP contribution in [0.2, 0.25) is 0 Å². The van der Waals surface area contributed by atoms with E-state index >= 15 is 0 Å². The van der Waals surface area contributed by atoms with Crippen LogP contribution in [0.1, 0.15) is 53.4 Å². The zero-order valence-electron chi connectivity index (χ0n) is 13.6. The number of amides is 1. The Hall–Kier alpha value is -1.39. The number of hydrogen-bond acceptors (Lipinski definition) is 5. The molecule has 0 aromatic heterocycles. The number of alkyl carbamates (subject to hydrolysis) is 1. The zero-order valence-corrected chi connectivity index (χ0v) is 13.6. The van der Waals surface area contributed by atoms with Gasteiger partial charge in [-0.05, 0) is 40.5 Å². The summed E-state index contributed by atoms with van der Waals surface area (Å²) < 4.78 is 10.7. The predicted octanol–water partition coefficient (Wildman–Crippen LogP) is 2.81. The molecule has 6 nitrogen and oxygen atoms in total. The predicted molar refractivity (Wildman–Crippen MR) is 81.1 cm³/mol. The number of carbonyl (C=O) groups is 1. The maximum absolute atomic E-state index is 11.5. The third-order valence-electron chi connectivity index (χ3n) is 2.59. The number of nitrogens with zero attached hydrogens (tertiary/aromatic N) is 1. The van der Waals surface area contributed by atoms with Crippen molar-refractivity contribution in [1.29, 1.82) is 0 Å². The third-order valence-corrected chi connectivity index (χ3v) is 2.59. The van der Waals surface area contributed by atoms with Gasteiger partial charge in [-0.15, -0.1) is 0 Å². The van der Waals surface area contributed by atoms with Crippen LogP contribution >= 0.6 is 0 Å². The van der Waals surface area contributed by atoms with E-state index in [0.717, 1.165) is 25.7 Å². The van der Waals surface area contributed by atoms with Crippen molar-refractivity contribution < 1.29 is 19.1 Å². The third kappa shape index (κ3) is 14.8. The van der Waals surface area contributed by atoms with Crippen LogP contribution in [-0.2, 0) is 14.3 Å². The highest BCUT2D eigenvalue weighted by molar-refractivity contribution is 5.67. The second-order valence-corrected chi connectivity index (χ2v) is 5.95. The number of hydrogen-bond donors (Lipinski definition) is 1. The second-order valence-electron chi connectivity index (χ2n) is 5.95. The highest BCUT2D eigenvalue weighted by Crippen LogP contribution is 2.08. The number of rotatable bonds is 10. The standard InChI is InChI=1S/C15H28N2O4/c1-13(11-20-15(2,3)4)21-14(19)17-10-8-6-5-7-9-16-12-18/h13H,5-11H2,1-4H3,(H,17,19). The monoisotopic (exact) mass is 300 g/mol. The van der Waals surface area contributed by atoms with Crippen molar-refractivity contribution in [2.75, 3.05) is 19.7 Å². The first-order valence-electron chi connectivity index (χ1n) is 7.47. The molecule has 0 heterocycles. The van der Waals surface area contributed by atoms with E-state index in [-0.39, 0.29) is 11.7 Å². The molecule has 1 atom stereocenters. The summed E-state index contributed by atoms with van der Waals surface area (Å²) in [6.07, 6.45) is 4.55. The summed E-state index contributed by atoms with van der Waals surface area (Å²) in [5.74, 6) is 0. The summed E-state index contributed by atoms with van der Waals surface area (Å²) in [6.45, 7) is 9.18. The SMILES string of the molecule is CC(COC(C)(C)C)OC(=O)NCCCCCCN=C=O. The van der Waals surface area contributed by atoms with Gasteiger partial charge in [-0.25, -0.2) is 14.6 Å². The average Bonchev–Trinajstić information content (AvgIpc) is 2.39. The van der Waals surface area contributed by atoms with Crippen LogP contribution in [0.25, 0.3) is 0 Å². The minimum absolute atomic E-state index is 0.234. The van der Waals surface area contributed by atoms with Crippen molar-refractivity contribution in [3.63, 3.8) is 0 Å². The van der Waals surface area contributed by atoms with E-state index in [4.69, 9.17) is 9.47 Å². The Morgan fingerprint density at radius 3 is 2.52 bits per heavy atom. The molecule has 0 saturated heterocycles. The molecule has 0 aromatic carbocycles. The minimum Gasteiger partial charge on any atom is -0.444 e. The lowest BCUT2D eigenvalue weighted by molar-refractivity contribution is -0.0476. The molecule has 0 aliphatic heterocycles. The number of carbonyl (C=O) groups excluding carboxylic acids is 2. The molecule has 21 heavy (non-hydrogen) atoms. The smallest absolute Gasteiger partial charge is 0.407 e. The van der Waals surface area contributed by atoms with Gasteiger partial charge in [0.2, 0.25) is 6.08 Å². The lowest BCUT2D eigenvalue weighted by Gasteiger charge is -2.22. The Labute approximate surface area is 127 Å². The Bertz CT molecular complexity index is 333. The Morgan fingerprint density at radius 2 is 1.90 bits per heavy atom. The molecule has 1 unspecified atom stereocenters. The normalized spacial score (nSPS) is 12.4. The highest BCUT2D eigenvalue weighted by atomic mass is 16.6. The maximum Gasteiger partial charge on any atom is 0.407 e. The van der Waals surface area contributed by atoms with Gasteiger partial charge in [0.25, 0.3) is 0 Å². The minimum atomic E-state index is -0.412. The lowest BCUT2D eigenvalue weighted by atomic mass is 10.2. The first kappa shape index (κ1) is 19.6. The molecule has 0 radical (unpaired) electrons. The van der Waals surface area contributed by atoms with Gasteiger partial charge >= 0.3 is 6.09 Å². The van der Waals surface area contributed by atoms with Gasteiger partial charge in [-0.2, -0.15) is 0 Å². The fraction of sp³-hybridized carbons (Fsp3) is 0.867. The highest BCUT2D eigenvalue weighted by Gasteiger charge is 2.15. The van der Waals surface area contributed by atoms with Crippen molar-refractivity contribution in [3.05, 3.63) is 0 Å². The second kappa shape index (κ2) is 11.3. The first-order chi connectivity index (χ1) is 9.85. The fourth-order valence-corrected chi connectivity index (χ4v) is 1.53. The van der Waals surface area contributed by atoms with Gasteiger partial charge in [0, 0.05) is 6.54 Å². The summed E-state index contributed by atoms with van der Waals surface area (Å²) in [4.78, 5) is 24.8. The molecular weight excluding hydrogens is 272 g/mol. The Kier molecular flexibility index (Phi) is 10.5. The Morgan fingerprint density at radius 1 is 1.24 bits per heavy atom. The van der Waals surface area contributed by atoms with Gasteiger partial charge in [-0.1, -0.05) is 12.8 Å². The summed E-state index contributed by atoms with van der Waals surface area (Å²) in [7, 11) is 0. The van der Waals surface area contributed by atoms with Crippen LogP contribution in [-0.4, -0.2) is 43.6 Å². The van der Waals surface area contributed by atoms with Crippen LogP contribution in [0.5, 0.6) is 0 Å². The van der Waals surface area contributed by atoms with Crippen molar-refractivity contribution in [2.45, 2.75) is 65.1 Å². The van der Waals surface area contributed by atoms with Crippen LogP contribution < -0.4 is 5.32 Å². The Balaban J connectivity index is 3.51. The van der Waals surface area contributed by atoms with Crippen LogP contribution in [0, 0.1) is 0 Å². The molecule has 0 saturated carbocycles. The number of aliphatic imine (C=N–C) groups is 1. The van der Waals surface area contributed by atoms with Crippen LogP contribution in [0.3, 0.4) is 0 Å². The van der Waals surface area contributed by atoms with E-state index in [9.17, 15) is 9.59 Å². The molecule has 122 valence electrons. The molecule has 0 aromatic rings. The van der Waals surface area contributed by atoms with Gasteiger partial charge in [-0.3, -0.25) is 0 Å². The van der Waals surface area contributed by atoms with E-state index in [1.807, 2.05) is 20.8 Å². The number of unbranched alkanes of at least 4 members (excludes halogenated alkanes) is 3. The van der Waals surface area contributed by atoms with Crippen molar-refractivity contribution >= 4 is 12.2 Å². The molecule has 0 aliphatic rings. The van der Waals surface area contributed by atoms with Gasteiger partial charge in [0.15, 0.2) is 0 Å². The molecule has 0 aliphatic carbocycles. The molecule has 0 bridgehead atoms. The van der Waals surface area contributed by atoms with E-state index in [1.165, 1.54) is 6.08 Å². The largest absolute Gasteiger partial charge is 0.444 e. The van der Waals surface area contributed by atoms with Crippen molar-refractivity contribution in [1.82, 2.24) is 5.32 Å². The molecule has 0 rings (SSSR count). The van der Waals surface area contributed by atoms with E-state index in [0.29, 0.717) is 19.7 Å². The number of nitrogens with one attached hydrogen (secondary N) is 1. The first-order valence-corrected chi connectivity index (χ1v) is 7.47. The molecular formula is C15H28N2O4. The van der Waals surface area contributed by atoms with Gasteiger partial charge < -0.3 is 14.8 Å². The summed E-state index contributed by atoms with van der Waals surface area (Å²) in [6, 6.07) is 0. The zero-order chi connectivity index (χ0) is 16.1. The molecule has 0 spiro atoms. The van der Waals surface area contributed by atoms with E-state index in [2.05, 4.69) is 10.3 Å².